The molecule has 0 aliphatic rings. The number of benzene rings is 2. The molecule has 0 amide bonds. The summed E-state index contributed by atoms with van der Waals surface area (Å²) in [5.74, 6) is -3.79. The molecular formula is C16H16F3N. The van der Waals surface area contributed by atoms with Gasteiger partial charge in [0.2, 0.25) is 0 Å². The Morgan fingerprint density at radius 3 is 2.05 bits per heavy atom. The highest BCUT2D eigenvalue weighted by molar-refractivity contribution is 5.39. The SMILES string of the molecule is CNC(c1cc(F)c(F)c(F)c1)c1ccc(C)cc1C. The van der Waals surface area contributed by atoms with Gasteiger partial charge in [0, 0.05) is 0 Å². The van der Waals surface area contributed by atoms with E-state index in [0.717, 1.165) is 28.8 Å². The van der Waals surface area contributed by atoms with E-state index >= 15 is 0 Å². The van der Waals surface area contributed by atoms with Gasteiger partial charge in [0.25, 0.3) is 0 Å². The third-order valence-corrected chi connectivity index (χ3v) is 3.36. The Balaban J connectivity index is 2.52. The smallest absolute Gasteiger partial charge is 0.194 e. The van der Waals surface area contributed by atoms with E-state index in [-0.39, 0.29) is 6.04 Å². The fourth-order valence-corrected chi connectivity index (χ4v) is 2.39. The quantitative estimate of drug-likeness (QED) is 0.836. The number of rotatable bonds is 3. The van der Waals surface area contributed by atoms with E-state index in [1.54, 1.807) is 7.05 Å². The molecule has 0 aromatic heterocycles. The Labute approximate surface area is 116 Å². The molecule has 106 valence electrons. The van der Waals surface area contributed by atoms with Gasteiger partial charge in [0.1, 0.15) is 0 Å². The van der Waals surface area contributed by atoms with Crippen LogP contribution in [0.15, 0.2) is 30.3 Å². The number of nitrogens with one attached hydrogen (secondary N) is 1. The molecule has 1 unspecified atom stereocenters. The lowest BCUT2D eigenvalue weighted by molar-refractivity contribution is 0.443. The molecule has 0 aliphatic heterocycles. The fourth-order valence-electron chi connectivity index (χ4n) is 2.39. The van der Waals surface area contributed by atoms with E-state index in [0.29, 0.717) is 5.56 Å². The predicted octanol–water partition coefficient (Wildman–Crippen LogP) is 4.03. The van der Waals surface area contributed by atoms with E-state index < -0.39 is 17.5 Å². The maximum absolute atomic E-state index is 13.4. The van der Waals surface area contributed by atoms with Crippen molar-refractivity contribution in [1.82, 2.24) is 5.32 Å². The normalized spacial score (nSPS) is 12.5. The van der Waals surface area contributed by atoms with Crippen molar-refractivity contribution in [2.75, 3.05) is 7.05 Å². The van der Waals surface area contributed by atoms with Crippen LogP contribution in [0.1, 0.15) is 28.3 Å². The molecule has 0 saturated carbocycles. The van der Waals surface area contributed by atoms with Gasteiger partial charge in [-0.1, -0.05) is 23.8 Å². The van der Waals surface area contributed by atoms with Crippen LogP contribution in [0, 0.1) is 31.3 Å². The van der Waals surface area contributed by atoms with Crippen molar-refractivity contribution in [2.45, 2.75) is 19.9 Å². The van der Waals surface area contributed by atoms with Crippen molar-refractivity contribution in [3.8, 4) is 0 Å². The first kappa shape index (κ1) is 14.6. The Morgan fingerprint density at radius 1 is 0.950 bits per heavy atom. The first-order valence-corrected chi connectivity index (χ1v) is 6.33. The van der Waals surface area contributed by atoms with Crippen LogP contribution < -0.4 is 5.32 Å². The lowest BCUT2D eigenvalue weighted by Crippen LogP contribution is -2.19. The Bertz CT molecular complexity index is 615. The van der Waals surface area contributed by atoms with Crippen LogP contribution in [0.25, 0.3) is 0 Å². The fraction of sp³-hybridized carbons (Fsp3) is 0.250. The Morgan fingerprint density at radius 2 is 1.55 bits per heavy atom. The van der Waals surface area contributed by atoms with Gasteiger partial charge in [-0.15, -0.1) is 0 Å². The Kier molecular flexibility index (Phi) is 4.14. The molecule has 0 fully saturated rings. The number of aryl methyl sites for hydroxylation is 2. The molecule has 1 nitrogen and oxygen atoms in total. The van der Waals surface area contributed by atoms with E-state index in [2.05, 4.69) is 5.32 Å². The minimum atomic E-state index is -1.44. The maximum Gasteiger partial charge on any atom is 0.194 e. The summed E-state index contributed by atoms with van der Waals surface area (Å²) in [5, 5.41) is 3.01. The highest BCUT2D eigenvalue weighted by Gasteiger charge is 2.19. The standard InChI is InChI=1S/C16H16F3N/c1-9-4-5-12(10(2)6-9)16(20-3)11-7-13(17)15(19)14(18)8-11/h4-8,16,20H,1-3H3. The van der Waals surface area contributed by atoms with Crippen LogP contribution in [-0.4, -0.2) is 7.05 Å². The molecule has 0 bridgehead atoms. The van der Waals surface area contributed by atoms with Crippen molar-refractivity contribution in [1.29, 1.82) is 0 Å². The zero-order valence-electron chi connectivity index (χ0n) is 11.6. The first-order valence-electron chi connectivity index (χ1n) is 6.33. The lowest BCUT2D eigenvalue weighted by Gasteiger charge is -2.20. The zero-order chi connectivity index (χ0) is 14.9. The summed E-state index contributed by atoms with van der Waals surface area (Å²) in [5.41, 5.74) is 3.38. The second-order valence-electron chi connectivity index (χ2n) is 4.88. The summed E-state index contributed by atoms with van der Waals surface area (Å²) in [7, 11) is 1.70. The third kappa shape index (κ3) is 2.70. The van der Waals surface area contributed by atoms with Gasteiger partial charge in [-0.3, -0.25) is 0 Å². The van der Waals surface area contributed by atoms with Gasteiger partial charge in [0.15, 0.2) is 17.5 Å². The van der Waals surface area contributed by atoms with Crippen molar-refractivity contribution >= 4 is 0 Å². The lowest BCUT2D eigenvalue weighted by atomic mass is 9.94. The second-order valence-corrected chi connectivity index (χ2v) is 4.88. The van der Waals surface area contributed by atoms with Gasteiger partial charge < -0.3 is 5.32 Å². The third-order valence-electron chi connectivity index (χ3n) is 3.36. The van der Waals surface area contributed by atoms with Crippen LogP contribution in [0.4, 0.5) is 13.2 Å². The second kappa shape index (κ2) is 5.67. The van der Waals surface area contributed by atoms with E-state index in [1.165, 1.54) is 0 Å². The van der Waals surface area contributed by atoms with Crippen LogP contribution in [-0.2, 0) is 0 Å². The van der Waals surface area contributed by atoms with Crippen LogP contribution in [0.5, 0.6) is 0 Å². The monoisotopic (exact) mass is 279 g/mol. The first-order chi connectivity index (χ1) is 9.43. The number of hydrogen-bond acceptors (Lipinski definition) is 1. The summed E-state index contributed by atoms with van der Waals surface area (Å²) < 4.78 is 39.8. The van der Waals surface area contributed by atoms with E-state index in [4.69, 9.17) is 0 Å². The minimum absolute atomic E-state index is 0.357. The molecule has 2 aromatic rings. The van der Waals surface area contributed by atoms with Gasteiger partial charge >= 0.3 is 0 Å². The summed E-state index contributed by atoms with van der Waals surface area (Å²) in [4.78, 5) is 0. The highest BCUT2D eigenvalue weighted by atomic mass is 19.2. The zero-order valence-corrected chi connectivity index (χ0v) is 11.6. The van der Waals surface area contributed by atoms with Crippen molar-refractivity contribution in [2.24, 2.45) is 0 Å². The van der Waals surface area contributed by atoms with Crippen molar-refractivity contribution in [3.63, 3.8) is 0 Å². The molecule has 4 heteroatoms. The number of hydrogen-bond donors (Lipinski definition) is 1. The van der Waals surface area contributed by atoms with Crippen LogP contribution in [0.2, 0.25) is 0 Å². The molecule has 0 spiro atoms. The molecular weight excluding hydrogens is 263 g/mol. The summed E-state index contributed by atoms with van der Waals surface area (Å²) >= 11 is 0. The molecule has 0 saturated heterocycles. The summed E-state index contributed by atoms with van der Waals surface area (Å²) in [6, 6.07) is 7.50. The van der Waals surface area contributed by atoms with E-state index in [9.17, 15) is 13.2 Å². The molecule has 0 aliphatic carbocycles. The summed E-state index contributed by atoms with van der Waals surface area (Å²) in [6.45, 7) is 3.91. The largest absolute Gasteiger partial charge is 0.309 e. The molecule has 2 aromatic carbocycles. The minimum Gasteiger partial charge on any atom is -0.309 e. The van der Waals surface area contributed by atoms with Crippen LogP contribution >= 0.6 is 0 Å². The molecule has 2 rings (SSSR count). The highest BCUT2D eigenvalue weighted by Crippen LogP contribution is 2.27. The van der Waals surface area contributed by atoms with Gasteiger partial charge in [0.05, 0.1) is 6.04 Å². The molecule has 1 atom stereocenters. The van der Waals surface area contributed by atoms with E-state index in [1.807, 2.05) is 32.0 Å². The topological polar surface area (TPSA) is 12.0 Å². The average Bonchev–Trinajstić information content (AvgIpc) is 2.39. The molecule has 1 N–H and O–H groups in total. The predicted molar refractivity (Wildman–Crippen MR) is 73.1 cm³/mol. The van der Waals surface area contributed by atoms with Gasteiger partial charge in [-0.2, -0.15) is 0 Å². The molecule has 0 heterocycles. The van der Waals surface area contributed by atoms with Gasteiger partial charge in [-0.25, -0.2) is 13.2 Å². The maximum atomic E-state index is 13.4. The van der Waals surface area contributed by atoms with Crippen molar-refractivity contribution < 1.29 is 13.2 Å². The Hall–Kier alpha value is -1.81. The molecule has 20 heavy (non-hydrogen) atoms. The molecule has 0 radical (unpaired) electrons. The van der Waals surface area contributed by atoms with Gasteiger partial charge in [-0.05, 0) is 49.7 Å². The summed E-state index contributed by atoms with van der Waals surface area (Å²) in [6.07, 6.45) is 0. The number of halogens is 3. The average molecular weight is 279 g/mol. The van der Waals surface area contributed by atoms with Crippen LogP contribution in [0.3, 0.4) is 0 Å². The van der Waals surface area contributed by atoms with Crippen molar-refractivity contribution in [3.05, 3.63) is 70.0 Å².